The van der Waals surface area contributed by atoms with Gasteiger partial charge < -0.3 is 30.6 Å². The molecule has 3 aromatic rings. The number of nitrogens with one attached hydrogen (secondary N) is 2. The molecule has 2 aromatic heterocycles. The average molecular weight is 437 g/mol. The van der Waals surface area contributed by atoms with E-state index in [1.807, 2.05) is 18.5 Å². The molecule has 1 aromatic carbocycles. The molecule has 0 atom stereocenters. The van der Waals surface area contributed by atoms with E-state index in [-0.39, 0.29) is 6.54 Å². The lowest BCUT2D eigenvalue weighted by Gasteiger charge is -2.28. The van der Waals surface area contributed by atoms with Crippen molar-refractivity contribution in [2.75, 3.05) is 48.4 Å². The van der Waals surface area contributed by atoms with E-state index in [0.29, 0.717) is 23.3 Å². The topological polar surface area (TPSA) is 123 Å². The minimum atomic E-state index is -0.466. The Balaban J connectivity index is 1.44. The van der Waals surface area contributed by atoms with Crippen LogP contribution in [0.3, 0.4) is 0 Å². The third kappa shape index (κ3) is 4.31. The van der Waals surface area contributed by atoms with E-state index >= 15 is 0 Å². The number of hydrogen-bond acceptors (Lipinski definition) is 8. The largest absolute Gasteiger partial charge is 0.378 e. The van der Waals surface area contributed by atoms with Gasteiger partial charge in [-0.1, -0.05) is 12.8 Å². The van der Waals surface area contributed by atoms with Gasteiger partial charge in [0.2, 0.25) is 11.9 Å². The molecule has 5 rings (SSSR count). The maximum absolute atomic E-state index is 11.3. The normalized spacial score (nSPS) is 17.1. The Morgan fingerprint density at radius 2 is 1.88 bits per heavy atom. The Kier molecular flexibility index (Phi) is 5.76. The number of aromatic nitrogens is 4. The average Bonchev–Trinajstić information content (AvgIpc) is 3.49. The first-order valence-corrected chi connectivity index (χ1v) is 11.1. The first-order valence-electron chi connectivity index (χ1n) is 11.1. The number of primary amides is 1. The number of rotatable bonds is 7. The molecule has 168 valence electrons. The SMILES string of the molecule is NC(=O)CNc1nc(Nc2ccc(N3CCOCC3)cc2)c2ncn(C3CCCC3)c2n1. The monoisotopic (exact) mass is 436 g/mol. The Labute approximate surface area is 186 Å². The number of anilines is 4. The first-order chi connectivity index (χ1) is 15.7. The zero-order chi connectivity index (χ0) is 21.9. The number of fused-ring (bicyclic) bond motifs is 1. The summed E-state index contributed by atoms with van der Waals surface area (Å²) in [5.41, 5.74) is 8.83. The number of carbonyl (C=O) groups is 1. The summed E-state index contributed by atoms with van der Waals surface area (Å²) in [6.07, 6.45) is 6.50. The second-order valence-electron chi connectivity index (χ2n) is 8.25. The summed E-state index contributed by atoms with van der Waals surface area (Å²) in [7, 11) is 0. The maximum Gasteiger partial charge on any atom is 0.236 e. The molecule has 0 unspecified atom stereocenters. The molecule has 1 amide bonds. The van der Waals surface area contributed by atoms with Crippen LogP contribution >= 0.6 is 0 Å². The number of morpholine rings is 1. The molecule has 1 aliphatic heterocycles. The maximum atomic E-state index is 11.3. The smallest absolute Gasteiger partial charge is 0.236 e. The van der Waals surface area contributed by atoms with Crippen LogP contribution in [-0.2, 0) is 9.53 Å². The third-order valence-corrected chi connectivity index (χ3v) is 6.07. The summed E-state index contributed by atoms with van der Waals surface area (Å²) >= 11 is 0. The molecule has 10 heteroatoms. The van der Waals surface area contributed by atoms with Crippen LogP contribution in [0, 0.1) is 0 Å². The number of nitrogens with zero attached hydrogens (tertiary/aromatic N) is 5. The van der Waals surface area contributed by atoms with Gasteiger partial charge in [-0.2, -0.15) is 9.97 Å². The zero-order valence-corrected chi connectivity index (χ0v) is 18.0. The van der Waals surface area contributed by atoms with E-state index in [0.717, 1.165) is 50.5 Å². The fourth-order valence-electron chi connectivity index (χ4n) is 4.41. The number of nitrogens with two attached hydrogens (primary N) is 1. The van der Waals surface area contributed by atoms with Crippen molar-refractivity contribution in [1.82, 2.24) is 19.5 Å². The van der Waals surface area contributed by atoms with Crippen LogP contribution in [-0.4, -0.2) is 58.3 Å². The molecular weight excluding hydrogens is 408 g/mol. The zero-order valence-electron chi connectivity index (χ0n) is 18.0. The van der Waals surface area contributed by atoms with Gasteiger partial charge in [0.1, 0.15) is 0 Å². The molecule has 2 aliphatic rings. The van der Waals surface area contributed by atoms with E-state index < -0.39 is 5.91 Å². The van der Waals surface area contributed by atoms with E-state index in [9.17, 15) is 4.79 Å². The summed E-state index contributed by atoms with van der Waals surface area (Å²) in [4.78, 5) is 27.4. The molecule has 1 saturated heterocycles. The quantitative estimate of drug-likeness (QED) is 0.516. The third-order valence-electron chi connectivity index (χ3n) is 6.07. The summed E-state index contributed by atoms with van der Waals surface area (Å²) < 4.78 is 7.57. The van der Waals surface area contributed by atoms with Crippen molar-refractivity contribution in [2.45, 2.75) is 31.7 Å². The van der Waals surface area contributed by atoms with Crippen molar-refractivity contribution >= 4 is 40.2 Å². The lowest BCUT2D eigenvalue weighted by atomic mass is 10.2. The van der Waals surface area contributed by atoms with E-state index in [1.54, 1.807) is 0 Å². The highest BCUT2D eigenvalue weighted by Gasteiger charge is 2.22. The summed E-state index contributed by atoms with van der Waals surface area (Å²) in [5.74, 6) is 0.479. The highest BCUT2D eigenvalue weighted by Crippen LogP contribution is 2.33. The highest BCUT2D eigenvalue weighted by atomic mass is 16.5. The van der Waals surface area contributed by atoms with Crippen LogP contribution in [0.1, 0.15) is 31.7 Å². The number of amides is 1. The van der Waals surface area contributed by atoms with Gasteiger partial charge in [-0.25, -0.2) is 4.98 Å². The van der Waals surface area contributed by atoms with Crippen LogP contribution < -0.4 is 21.3 Å². The number of ether oxygens (including phenoxy) is 1. The van der Waals surface area contributed by atoms with E-state index in [4.69, 9.17) is 10.5 Å². The van der Waals surface area contributed by atoms with Crippen LogP contribution in [0.4, 0.5) is 23.1 Å². The molecule has 32 heavy (non-hydrogen) atoms. The van der Waals surface area contributed by atoms with Crippen molar-refractivity contribution in [2.24, 2.45) is 5.73 Å². The summed E-state index contributed by atoms with van der Waals surface area (Å²) in [6.45, 7) is 3.27. The van der Waals surface area contributed by atoms with E-state index in [2.05, 4.69) is 47.2 Å². The molecule has 0 radical (unpaired) electrons. The number of hydrogen-bond donors (Lipinski definition) is 3. The fraction of sp³-hybridized carbons (Fsp3) is 0.455. The molecule has 2 fully saturated rings. The minimum absolute atomic E-state index is 0.0310. The van der Waals surface area contributed by atoms with Crippen molar-refractivity contribution in [3.63, 3.8) is 0 Å². The van der Waals surface area contributed by atoms with Gasteiger partial charge in [-0.05, 0) is 37.1 Å². The Bertz CT molecular complexity index is 1090. The van der Waals surface area contributed by atoms with Crippen molar-refractivity contribution in [3.8, 4) is 0 Å². The van der Waals surface area contributed by atoms with Crippen molar-refractivity contribution < 1.29 is 9.53 Å². The molecule has 4 N–H and O–H groups in total. The molecule has 0 spiro atoms. The molecule has 1 saturated carbocycles. The molecular formula is C22H28N8O2. The lowest BCUT2D eigenvalue weighted by molar-refractivity contribution is -0.116. The Hall–Kier alpha value is -3.40. The number of benzene rings is 1. The van der Waals surface area contributed by atoms with Gasteiger partial charge in [0, 0.05) is 30.5 Å². The second kappa shape index (κ2) is 8.99. The highest BCUT2D eigenvalue weighted by molar-refractivity contribution is 5.87. The van der Waals surface area contributed by atoms with Gasteiger partial charge in [0.05, 0.1) is 26.1 Å². The minimum Gasteiger partial charge on any atom is -0.378 e. The van der Waals surface area contributed by atoms with Gasteiger partial charge >= 0.3 is 0 Å². The second-order valence-corrected chi connectivity index (χ2v) is 8.25. The molecule has 1 aliphatic carbocycles. The fourth-order valence-corrected chi connectivity index (χ4v) is 4.41. The van der Waals surface area contributed by atoms with Gasteiger partial charge in [0.15, 0.2) is 17.0 Å². The van der Waals surface area contributed by atoms with Crippen LogP contribution in [0.5, 0.6) is 0 Å². The molecule has 0 bridgehead atoms. The summed E-state index contributed by atoms with van der Waals surface area (Å²) in [5, 5.41) is 6.31. The Morgan fingerprint density at radius 1 is 1.12 bits per heavy atom. The predicted molar refractivity (Wildman–Crippen MR) is 123 cm³/mol. The van der Waals surface area contributed by atoms with Gasteiger partial charge in [-0.3, -0.25) is 4.79 Å². The molecule has 10 nitrogen and oxygen atoms in total. The van der Waals surface area contributed by atoms with Crippen molar-refractivity contribution in [3.05, 3.63) is 30.6 Å². The van der Waals surface area contributed by atoms with Gasteiger partial charge in [0.25, 0.3) is 0 Å². The predicted octanol–water partition coefficient (Wildman–Crippen LogP) is 2.42. The van der Waals surface area contributed by atoms with Gasteiger partial charge in [-0.15, -0.1) is 0 Å². The van der Waals surface area contributed by atoms with E-state index in [1.165, 1.54) is 18.5 Å². The van der Waals surface area contributed by atoms with Crippen molar-refractivity contribution in [1.29, 1.82) is 0 Å². The standard InChI is InChI=1S/C22H28N8O2/c23-18(31)13-24-22-27-20(19-21(28-22)30(14-25-19)17-3-1-2-4-17)26-15-5-7-16(8-6-15)29-9-11-32-12-10-29/h5-8,14,17H,1-4,9-13H2,(H2,23,31)(H2,24,26,27,28). The molecule has 3 heterocycles. The lowest BCUT2D eigenvalue weighted by Crippen LogP contribution is -2.36. The number of carbonyl (C=O) groups excluding carboxylic acids is 1. The Morgan fingerprint density at radius 3 is 2.59 bits per heavy atom. The van der Waals surface area contributed by atoms with Crippen LogP contribution in [0.15, 0.2) is 30.6 Å². The number of imidazole rings is 1. The van der Waals surface area contributed by atoms with Crippen LogP contribution in [0.25, 0.3) is 11.2 Å². The first kappa shape index (κ1) is 20.5. The summed E-state index contributed by atoms with van der Waals surface area (Å²) in [6, 6.07) is 8.64. The van der Waals surface area contributed by atoms with Crippen LogP contribution in [0.2, 0.25) is 0 Å².